The van der Waals surface area contributed by atoms with Crippen molar-refractivity contribution >= 4 is 5.97 Å². The summed E-state index contributed by atoms with van der Waals surface area (Å²) in [5.41, 5.74) is 1.65. The summed E-state index contributed by atoms with van der Waals surface area (Å²) in [5, 5.41) is 3.56. The molecule has 1 heterocycles. The summed E-state index contributed by atoms with van der Waals surface area (Å²) < 4.78 is 10.1. The summed E-state index contributed by atoms with van der Waals surface area (Å²) in [6.07, 6.45) is 2.18. The van der Waals surface area contributed by atoms with Gasteiger partial charge in [-0.15, -0.1) is 0 Å². The average Bonchev–Trinajstić information content (AvgIpc) is 2.86. The molecule has 0 aliphatic carbocycles. The van der Waals surface area contributed by atoms with E-state index in [0.29, 0.717) is 23.8 Å². The molecular formula is C15H17NO3. The fourth-order valence-corrected chi connectivity index (χ4v) is 1.85. The quantitative estimate of drug-likeness (QED) is 0.773. The lowest BCUT2D eigenvalue weighted by atomic mass is 9.98. The second-order valence-electron chi connectivity index (χ2n) is 4.53. The van der Waals surface area contributed by atoms with Crippen molar-refractivity contribution in [3.63, 3.8) is 0 Å². The molecular weight excluding hydrogens is 242 g/mol. The second kappa shape index (κ2) is 6.18. The zero-order valence-electron chi connectivity index (χ0n) is 11.1. The first-order chi connectivity index (χ1) is 9.18. The number of aromatic nitrogens is 1. The smallest absolute Gasteiger partial charge is 0.343 e. The lowest BCUT2D eigenvalue weighted by molar-refractivity contribution is 0.0492. The molecule has 1 atom stereocenters. The molecule has 0 aliphatic heterocycles. The van der Waals surface area contributed by atoms with Crippen molar-refractivity contribution in [3.8, 4) is 0 Å². The van der Waals surface area contributed by atoms with Crippen LogP contribution in [0, 0.1) is 6.92 Å². The van der Waals surface area contributed by atoms with Crippen LogP contribution in [0.25, 0.3) is 0 Å². The lowest BCUT2D eigenvalue weighted by Gasteiger charge is -2.11. The third kappa shape index (κ3) is 3.44. The normalized spacial score (nSPS) is 12.1. The van der Waals surface area contributed by atoms with Gasteiger partial charge in [-0.1, -0.05) is 42.4 Å². The molecule has 0 fully saturated rings. The molecule has 0 aliphatic rings. The van der Waals surface area contributed by atoms with E-state index in [1.54, 1.807) is 6.92 Å². The predicted molar refractivity (Wildman–Crippen MR) is 71.0 cm³/mol. The van der Waals surface area contributed by atoms with Crippen LogP contribution in [-0.2, 0) is 4.74 Å². The number of esters is 1. The van der Waals surface area contributed by atoms with Crippen molar-refractivity contribution < 1.29 is 14.1 Å². The Hall–Kier alpha value is -2.10. The van der Waals surface area contributed by atoms with Gasteiger partial charge in [0, 0.05) is 0 Å². The maximum absolute atomic E-state index is 11.7. The molecule has 4 heteroatoms. The van der Waals surface area contributed by atoms with Crippen molar-refractivity contribution in [1.29, 1.82) is 0 Å². The number of carbonyl (C=O) groups excluding carboxylic acids is 1. The fourth-order valence-electron chi connectivity index (χ4n) is 1.85. The number of ether oxygens (including phenoxy) is 1. The first kappa shape index (κ1) is 13.3. The topological polar surface area (TPSA) is 52.3 Å². The van der Waals surface area contributed by atoms with Crippen molar-refractivity contribution in [2.45, 2.75) is 26.2 Å². The number of nitrogens with zero attached hydrogens (tertiary/aromatic N) is 1. The SMILES string of the molecule is Cc1oncc1C(=O)OCCC(C)c1ccccc1. The maximum Gasteiger partial charge on any atom is 0.343 e. The van der Waals surface area contributed by atoms with E-state index in [2.05, 4.69) is 24.2 Å². The lowest BCUT2D eigenvalue weighted by Crippen LogP contribution is -2.08. The highest BCUT2D eigenvalue weighted by Gasteiger charge is 2.14. The van der Waals surface area contributed by atoms with E-state index >= 15 is 0 Å². The third-order valence-electron chi connectivity index (χ3n) is 3.12. The van der Waals surface area contributed by atoms with E-state index in [0.717, 1.165) is 6.42 Å². The van der Waals surface area contributed by atoms with Gasteiger partial charge in [0.25, 0.3) is 0 Å². The number of hydrogen-bond donors (Lipinski definition) is 0. The number of rotatable bonds is 5. The highest BCUT2D eigenvalue weighted by molar-refractivity contribution is 5.89. The van der Waals surface area contributed by atoms with Gasteiger partial charge in [-0.25, -0.2) is 4.79 Å². The molecule has 2 aromatic rings. The van der Waals surface area contributed by atoms with E-state index in [9.17, 15) is 4.79 Å². The number of hydrogen-bond acceptors (Lipinski definition) is 4. The van der Waals surface area contributed by atoms with Gasteiger partial charge in [0.2, 0.25) is 0 Å². The van der Waals surface area contributed by atoms with Gasteiger partial charge in [0.05, 0.1) is 12.8 Å². The Morgan fingerprint density at radius 1 is 1.37 bits per heavy atom. The fraction of sp³-hybridized carbons (Fsp3) is 0.333. The highest BCUT2D eigenvalue weighted by Crippen LogP contribution is 2.18. The van der Waals surface area contributed by atoms with Gasteiger partial charge in [-0.2, -0.15) is 0 Å². The van der Waals surface area contributed by atoms with E-state index in [-0.39, 0.29) is 5.97 Å². The number of carbonyl (C=O) groups is 1. The van der Waals surface area contributed by atoms with Crippen LogP contribution in [0.15, 0.2) is 41.1 Å². The Morgan fingerprint density at radius 2 is 2.11 bits per heavy atom. The highest BCUT2D eigenvalue weighted by atomic mass is 16.5. The molecule has 0 bridgehead atoms. The summed E-state index contributed by atoms with van der Waals surface area (Å²) in [4.78, 5) is 11.7. The van der Waals surface area contributed by atoms with Crippen LogP contribution in [0.4, 0.5) is 0 Å². The largest absolute Gasteiger partial charge is 0.462 e. The molecule has 4 nitrogen and oxygen atoms in total. The number of aryl methyl sites for hydroxylation is 1. The second-order valence-corrected chi connectivity index (χ2v) is 4.53. The maximum atomic E-state index is 11.7. The van der Waals surface area contributed by atoms with Crippen LogP contribution in [0.3, 0.4) is 0 Å². The van der Waals surface area contributed by atoms with E-state index in [4.69, 9.17) is 9.26 Å². The molecule has 100 valence electrons. The summed E-state index contributed by atoms with van der Waals surface area (Å²) in [6.45, 7) is 4.20. The first-order valence-corrected chi connectivity index (χ1v) is 6.32. The summed E-state index contributed by atoms with van der Waals surface area (Å²) in [5.74, 6) is 0.470. The van der Waals surface area contributed by atoms with Crippen LogP contribution in [0.5, 0.6) is 0 Å². The number of benzene rings is 1. The molecule has 0 N–H and O–H groups in total. The van der Waals surface area contributed by atoms with Crippen molar-refractivity contribution in [2.24, 2.45) is 0 Å². The first-order valence-electron chi connectivity index (χ1n) is 6.32. The van der Waals surface area contributed by atoms with Crippen LogP contribution in [-0.4, -0.2) is 17.7 Å². The molecule has 0 amide bonds. The molecule has 0 spiro atoms. The third-order valence-corrected chi connectivity index (χ3v) is 3.12. The zero-order chi connectivity index (χ0) is 13.7. The Balaban J connectivity index is 1.81. The molecule has 1 aromatic carbocycles. The van der Waals surface area contributed by atoms with Crippen molar-refractivity contribution in [3.05, 3.63) is 53.4 Å². The van der Waals surface area contributed by atoms with Crippen LogP contribution < -0.4 is 0 Å². The minimum Gasteiger partial charge on any atom is -0.462 e. The zero-order valence-corrected chi connectivity index (χ0v) is 11.1. The van der Waals surface area contributed by atoms with E-state index in [1.165, 1.54) is 11.8 Å². The average molecular weight is 259 g/mol. The predicted octanol–water partition coefficient (Wildman–Crippen LogP) is 3.33. The molecule has 0 saturated heterocycles. The Kier molecular flexibility index (Phi) is 4.34. The van der Waals surface area contributed by atoms with Crippen LogP contribution in [0.2, 0.25) is 0 Å². The van der Waals surface area contributed by atoms with Crippen molar-refractivity contribution in [1.82, 2.24) is 5.16 Å². The summed E-state index contributed by atoms with van der Waals surface area (Å²) in [6, 6.07) is 10.2. The van der Waals surface area contributed by atoms with Crippen LogP contribution >= 0.6 is 0 Å². The Bertz CT molecular complexity index is 533. The van der Waals surface area contributed by atoms with Crippen molar-refractivity contribution in [2.75, 3.05) is 6.61 Å². The van der Waals surface area contributed by atoms with Crippen LogP contribution in [0.1, 0.15) is 40.9 Å². The monoisotopic (exact) mass is 259 g/mol. The summed E-state index contributed by atoms with van der Waals surface area (Å²) in [7, 11) is 0. The molecule has 1 aromatic heterocycles. The summed E-state index contributed by atoms with van der Waals surface area (Å²) >= 11 is 0. The minimum atomic E-state index is -0.376. The van der Waals surface area contributed by atoms with Gasteiger partial charge in [-0.05, 0) is 24.8 Å². The standard InChI is InChI=1S/C15H17NO3/c1-11(13-6-4-3-5-7-13)8-9-18-15(17)14-10-16-19-12(14)2/h3-7,10-11H,8-9H2,1-2H3. The molecule has 0 saturated carbocycles. The van der Waals surface area contributed by atoms with Gasteiger partial charge in [-0.3, -0.25) is 0 Å². The molecule has 0 radical (unpaired) electrons. The van der Waals surface area contributed by atoms with E-state index < -0.39 is 0 Å². The van der Waals surface area contributed by atoms with Gasteiger partial charge >= 0.3 is 5.97 Å². The molecule has 1 unspecified atom stereocenters. The van der Waals surface area contributed by atoms with Gasteiger partial charge in [0.1, 0.15) is 11.3 Å². The van der Waals surface area contributed by atoms with E-state index in [1.807, 2.05) is 18.2 Å². The minimum absolute atomic E-state index is 0.359. The molecule has 19 heavy (non-hydrogen) atoms. The Labute approximate surface area is 112 Å². The Morgan fingerprint density at radius 3 is 2.74 bits per heavy atom. The van der Waals surface area contributed by atoms with Gasteiger partial charge < -0.3 is 9.26 Å². The van der Waals surface area contributed by atoms with Gasteiger partial charge in [0.15, 0.2) is 0 Å². The molecule has 2 rings (SSSR count).